The lowest BCUT2D eigenvalue weighted by Crippen LogP contribution is -2.45. The van der Waals surface area contributed by atoms with Crippen molar-refractivity contribution in [2.45, 2.75) is 38.3 Å². The number of thioether (sulfide) groups is 1. The Kier molecular flexibility index (Phi) is 8.20. The monoisotopic (exact) mass is 386 g/mol. The first-order valence-corrected chi connectivity index (χ1v) is 9.89. The Labute approximate surface area is 164 Å². The van der Waals surface area contributed by atoms with E-state index in [0.717, 1.165) is 11.3 Å². The van der Waals surface area contributed by atoms with E-state index in [1.165, 1.54) is 16.0 Å². The van der Waals surface area contributed by atoms with E-state index in [4.69, 9.17) is 4.74 Å². The summed E-state index contributed by atoms with van der Waals surface area (Å²) in [5, 5.41) is 5.37. The molecular formula is C21H26N2O3S. The molecule has 0 saturated carbocycles. The molecule has 0 fully saturated rings. The molecule has 1 atom stereocenters. The van der Waals surface area contributed by atoms with Crippen LogP contribution in [-0.4, -0.2) is 30.3 Å². The number of aryl methyl sites for hydroxylation is 2. The standard InChI is InChI=1S/C21H26N2O3S/c1-15-9-10-19(13-16(15)2)27-12-11-22-20(24)17(3)23-21(25)26-14-18-7-5-4-6-8-18/h4-10,13,17H,11-12,14H2,1-3H3,(H,22,24)(H,23,25)/t17-/m0/s1. The summed E-state index contributed by atoms with van der Waals surface area (Å²) in [6.45, 7) is 6.51. The van der Waals surface area contributed by atoms with E-state index >= 15 is 0 Å². The van der Waals surface area contributed by atoms with Crippen LogP contribution < -0.4 is 10.6 Å². The van der Waals surface area contributed by atoms with Crippen molar-refractivity contribution >= 4 is 23.8 Å². The average Bonchev–Trinajstić information content (AvgIpc) is 2.67. The zero-order chi connectivity index (χ0) is 19.6. The Morgan fingerprint density at radius 1 is 1.07 bits per heavy atom. The zero-order valence-corrected chi connectivity index (χ0v) is 16.8. The fourth-order valence-electron chi connectivity index (χ4n) is 2.31. The van der Waals surface area contributed by atoms with Crippen LogP contribution >= 0.6 is 11.8 Å². The largest absolute Gasteiger partial charge is 0.445 e. The molecule has 144 valence electrons. The van der Waals surface area contributed by atoms with Crippen molar-refractivity contribution < 1.29 is 14.3 Å². The zero-order valence-electron chi connectivity index (χ0n) is 16.0. The number of hydrogen-bond acceptors (Lipinski definition) is 4. The quantitative estimate of drug-likeness (QED) is 0.534. The van der Waals surface area contributed by atoms with E-state index in [9.17, 15) is 9.59 Å². The molecule has 0 bridgehead atoms. The van der Waals surface area contributed by atoms with Crippen LogP contribution in [0.4, 0.5) is 4.79 Å². The fraction of sp³-hybridized carbons (Fsp3) is 0.333. The first kappa shape index (κ1) is 20.8. The molecule has 2 N–H and O–H groups in total. The van der Waals surface area contributed by atoms with Gasteiger partial charge < -0.3 is 15.4 Å². The summed E-state index contributed by atoms with van der Waals surface area (Å²) < 4.78 is 5.12. The van der Waals surface area contributed by atoms with Crippen molar-refractivity contribution in [2.24, 2.45) is 0 Å². The molecule has 2 rings (SSSR count). The number of benzene rings is 2. The minimum Gasteiger partial charge on any atom is -0.445 e. The van der Waals surface area contributed by atoms with E-state index < -0.39 is 12.1 Å². The van der Waals surface area contributed by atoms with Gasteiger partial charge in [-0.25, -0.2) is 4.79 Å². The molecule has 2 aromatic rings. The minimum absolute atomic E-state index is 0.174. The third kappa shape index (κ3) is 7.35. The minimum atomic E-state index is -0.653. The summed E-state index contributed by atoms with van der Waals surface area (Å²) in [4.78, 5) is 25.0. The Morgan fingerprint density at radius 2 is 1.81 bits per heavy atom. The molecular weight excluding hydrogens is 360 g/mol. The number of ether oxygens (including phenoxy) is 1. The van der Waals surface area contributed by atoms with E-state index in [2.05, 4.69) is 42.7 Å². The van der Waals surface area contributed by atoms with Crippen molar-refractivity contribution in [3.8, 4) is 0 Å². The fourth-order valence-corrected chi connectivity index (χ4v) is 3.17. The van der Waals surface area contributed by atoms with Gasteiger partial charge in [-0.2, -0.15) is 0 Å². The second-order valence-electron chi connectivity index (χ2n) is 6.31. The maximum absolute atomic E-state index is 12.1. The summed E-state index contributed by atoms with van der Waals surface area (Å²) >= 11 is 1.69. The first-order chi connectivity index (χ1) is 13.0. The highest BCUT2D eigenvalue weighted by atomic mass is 32.2. The van der Waals surface area contributed by atoms with Crippen molar-refractivity contribution in [2.75, 3.05) is 12.3 Å². The lowest BCUT2D eigenvalue weighted by molar-refractivity contribution is -0.122. The molecule has 0 aliphatic heterocycles. The maximum atomic E-state index is 12.1. The molecule has 0 saturated heterocycles. The maximum Gasteiger partial charge on any atom is 0.408 e. The number of amides is 2. The van der Waals surface area contributed by atoms with Crippen molar-refractivity contribution in [1.82, 2.24) is 10.6 Å². The third-order valence-corrected chi connectivity index (χ3v) is 5.08. The van der Waals surface area contributed by atoms with Gasteiger partial charge in [0.2, 0.25) is 5.91 Å². The molecule has 2 aromatic carbocycles. The summed E-state index contributed by atoms with van der Waals surface area (Å²) in [5.74, 6) is 0.534. The molecule has 6 heteroatoms. The summed E-state index contributed by atoms with van der Waals surface area (Å²) in [6.07, 6.45) is -0.606. The van der Waals surface area contributed by atoms with E-state index in [1.54, 1.807) is 18.7 Å². The summed E-state index contributed by atoms with van der Waals surface area (Å²) in [7, 11) is 0. The van der Waals surface area contributed by atoms with Gasteiger partial charge in [0.1, 0.15) is 12.6 Å². The Balaban J connectivity index is 1.64. The lowest BCUT2D eigenvalue weighted by atomic mass is 10.1. The van der Waals surface area contributed by atoms with Gasteiger partial charge in [0, 0.05) is 17.2 Å². The third-order valence-electron chi connectivity index (χ3n) is 4.09. The van der Waals surface area contributed by atoms with Crippen LogP contribution in [0.2, 0.25) is 0 Å². The highest BCUT2D eigenvalue weighted by Gasteiger charge is 2.15. The van der Waals surface area contributed by atoms with Gasteiger partial charge >= 0.3 is 6.09 Å². The van der Waals surface area contributed by atoms with Crippen molar-refractivity contribution in [3.63, 3.8) is 0 Å². The van der Waals surface area contributed by atoms with Gasteiger partial charge in [0.05, 0.1) is 0 Å². The Bertz CT molecular complexity index is 765. The summed E-state index contributed by atoms with van der Waals surface area (Å²) in [6, 6.07) is 15.1. The van der Waals surface area contributed by atoms with Crippen LogP contribution in [0.15, 0.2) is 53.4 Å². The number of nitrogens with one attached hydrogen (secondary N) is 2. The molecule has 0 unspecified atom stereocenters. The SMILES string of the molecule is Cc1ccc(SCCNC(=O)[C@H](C)NC(=O)OCc2ccccc2)cc1C. The molecule has 0 heterocycles. The van der Waals surface area contributed by atoms with E-state index in [-0.39, 0.29) is 12.5 Å². The number of carbonyl (C=O) groups is 2. The number of alkyl carbamates (subject to hydrolysis) is 1. The van der Waals surface area contributed by atoms with Crippen LogP contribution in [0.25, 0.3) is 0 Å². The van der Waals surface area contributed by atoms with Crippen LogP contribution in [0.3, 0.4) is 0 Å². The highest BCUT2D eigenvalue weighted by Crippen LogP contribution is 2.20. The Morgan fingerprint density at radius 3 is 2.52 bits per heavy atom. The molecule has 0 radical (unpaired) electrons. The predicted molar refractivity (Wildman–Crippen MR) is 109 cm³/mol. The smallest absolute Gasteiger partial charge is 0.408 e. The van der Waals surface area contributed by atoms with Gasteiger partial charge in [0.15, 0.2) is 0 Å². The Hall–Kier alpha value is -2.47. The number of rotatable bonds is 8. The van der Waals surface area contributed by atoms with Gasteiger partial charge in [-0.15, -0.1) is 11.8 Å². The molecule has 2 amide bonds. The molecule has 0 aromatic heterocycles. The topological polar surface area (TPSA) is 67.4 Å². The molecule has 0 spiro atoms. The molecule has 27 heavy (non-hydrogen) atoms. The van der Waals surface area contributed by atoms with Crippen LogP contribution in [0.1, 0.15) is 23.6 Å². The second-order valence-corrected chi connectivity index (χ2v) is 7.48. The molecule has 5 nitrogen and oxygen atoms in total. The molecule has 0 aliphatic carbocycles. The van der Waals surface area contributed by atoms with Crippen molar-refractivity contribution in [3.05, 3.63) is 65.2 Å². The molecule has 0 aliphatic rings. The van der Waals surface area contributed by atoms with Gasteiger partial charge in [-0.3, -0.25) is 4.79 Å². The van der Waals surface area contributed by atoms with Gasteiger partial charge in [0.25, 0.3) is 0 Å². The second kappa shape index (κ2) is 10.6. The van der Waals surface area contributed by atoms with Crippen LogP contribution in [-0.2, 0) is 16.1 Å². The van der Waals surface area contributed by atoms with Crippen LogP contribution in [0, 0.1) is 13.8 Å². The van der Waals surface area contributed by atoms with E-state index in [1.807, 2.05) is 30.3 Å². The van der Waals surface area contributed by atoms with Gasteiger partial charge in [-0.1, -0.05) is 36.4 Å². The predicted octanol–water partition coefficient (Wildman–Crippen LogP) is 3.83. The average molecular weight is 387 g/mol. The number of carbonyl (C=O) groups excluding carboxylic acids is 2. The number of hydrogen-bond donors (Lipinski definition) is 2. The van der Waals surface area contributed by atoms with Crippen LogP contribution in [0.5, 0.6) is 0 Å². The summed E-state index contributed by atoms with van der Waals surface area (Å²) in [5.41, 5.74) is 3.43. The lowest BCUT2D eigenvalue weighted by Gasteiger charge is -2.14. The van der Waals surface area contributed by atoms with Gasteiger partial charge in [-0.05, 0) is 49.6 Å². The van der Waals surface area contributed by atoms with E-state index in [0.29, 0.717) is 6.54 Å². The van der Waals surface area contributed by atoms with Crippen molar-refractivity contribution in [1.29, 1.82) is 0 Å². The highest BCUT2D eigenvalue weighted by molar-refractivity contribution is 7.99. The normalized spacial score (nSPS) is 11.5. The first-order valence-electron chi connectivity index (χ1n) is 8.90.